The van der Waals surface area contributed by atoms with Gasteiger partial charge in [-0.3, -0.25) is 14.2 Å². The van der Waals surface area contributed by atoms with Crippen molar-refractivity contribution < 1.29 is 9.18 Å². The Kier molecular flexibility index (Phi) is 4.78. The van der Waals surface area contributed by atoms with Gasteiger partial charge in [-0.05, 0) is 30.5 Å². The van der Waals surface area contributed by atoms with Gasteiger partial charge in [-0.2, -0.15) is 0 Å². The monoisotopic (exact) mass is 418 g/mol. The average Bonchev–Trinajstić information content (AvgIpc) is 3.20. The zero-order valence-corrected chi connectivity index (χ0v) is 16.6. The minimum atomic E-state index is -0.455. The summed E-state index contributed by atoms with van der Waals surface area (Å²) in [6.07, 6.45) is 3.12. The van der Waals surface area contributed by atoms with E-state index in [1.807, 2.05) is 24.3 Å². The van der Waals surface area contributed by atoms with Gasteiger partial charge in [0.1, 0.15) is 18.7 Å². The predicted molar refractivity (Wildman–Crippen MR) is 112 cm³/mol. The zero-order valence-electron chi connectivity index (χ0n) is 16.6. The standard InChI is InChI=1S/C22H19FN6O2/c23-17-9-3-1-7-16(17)12-29-21-20(25-26-29)22(31)27(14-24-21)13-19(30)28-11-5-8-15-6-2-4-10-18(15)28/h1-4,6-7,9-10,14H,5,8,11-13H2. The first-order valence-electron chi connectivity index (χ1n) is 10.0. The molecule has 0 fully saturated rings. The van der Waals surface area contributed by atoms with Crippen molar-refractivity contribution in [2.45, 2.75) is 25.9 Å². The number of rotatable bonds is 4. The fraction of sp³-hybridized carbons (Fsp3) is 0.227. The Balaban J connectivity index is 1.42. The first-order valence-corrected chi connectivity index (χ1v) is 10.0. The molecule has 1 aliphatic rings. The maximum absolute atomic E-state index is 14.0. The lowest BCUT2D eigenvalue weighted by atomic mass is 10.0. The number of anilines is 1. The number of amides is 1. The van der Waals surface area contributed by atoms with Gasteiger partial charge in [0, 0.05) is 17.8 Å². The second-order valence-electron chi connectivity index (χ2n) is 7.47. The molecule has 1 aliphatic heterocycles. The number of hydrogen-bond acceptors (Lipinski definition) is 5. The van der Waals surface area contributed by atoms with Crippen molar-refractivity contribution in [1.82, 2.24) is 24.5 Å². The van der Waals surface area contributed by atoms with Crippen molar-refractivity contribution in [1.29, 1.82) is 0 Å². The van der Waals surface area contributed by atoms with E-state index >= 15 is 0 Å². The van der Waals surface area contributed by atoms with Gasteiger partial charge in [-0.15, -0.1) is 5.10 Å². The molecule has 0 spiro atoms. The van der Waals surface area contributed by atoms with Crippen molar-refractivity contribution in [2.75, 3.05) is 11.4 Å². The average molecular weight is 418 g/mol. The number of halogens is 1. The predicted octanol–water partition coefficient (Wildman–Crippen LogP) is 2.15. The SMILES string of the molecule is O=C(Cn1cnc2c(nnn2Cc2ccccc2F)c1=O)N1CCCc2ccccc21. The minimum absolute atomic E-state index is 0.0469. The molecule has 4 aromatic rings. The van der Waals surface area contributed by atoms with Crippen molar-refractivity contribution in [3.8, 4) is 0 Å². The van der Waals surface area contributed by atoms with E-state index in [1.165, 1.54) is 21.6 Å². The number of aryl methyl sites for hydroxylation is 1. The largest absolute Gasteiger partial charge is 0.311 e. The number of fused-ring (bicyclic) bond motifs is 2. The summed E-state index contributed by atoms with van der Waals surface area (Å²) in [6, 6.07) is 14.1. The summed E-state index contributed by atoms with van der Waals surface area (Å²) < 4.78 is 16.6. The lowest BCUT2D eigenvalue weighted by Gasteiger charge is -2.29. The summed E-state index contributed by atoms with van der Waals surface area (Å²) in [7, 11) is 0. The van der Waals surface area contributed by atoms with Crippen LogP contribution in [0.2, 0.25) is 0 Å². The third-order valence-electron chi connectivity index (χ3n) is 5.49. The van der Waals surface area contributed by atoms with Crippen LogP contribution in [0.3, 0.4) is 0 Å². The Morgan fingerprint density at radius 1 is 1.10 bits per heavy atom. The van der Waals surface area contributed by atoms with Gasteiger partial charge < -0.3 is 4.90 Å². The summed E-state index contributed by atoms with van der Waals surface area (Å²) in [5.74, 6) is -0.555. The highest BCUT2D eigenvalue weighted by Gasteiger charge is 2.23. The molecule has 1 amide bonds. The first-order chi connectivity index (χ1) is 15.1. The van der Waals surface area contributed by atoms with E-state index in [-0.39, 0.29) is 36.0 Å². The fourth-order valence-corrected chi connectivity index (χ4v) is 3.92. The van der Waals surface area contributed by atoms with Crippen molar-refractivity contribution in [2.24, 2.45) is 0 Å². The Bertz CT molecular complexity index is 1350. The molecular formula is C22H19FN6O2. The number of para-hydroxylation sites is 1. The quantitative estimate of drug-likeness (QED) is 0.507. The maximum atomic E-state index is 14.0. The minimum Gasteiger partial charge on any atom is -0.311 e. The van der Waals surface area contributed by atoms with E-state index in [2.05, 4.69) is 15.3 Å². The lowest BCUT2D eigenvalue weighted by Crippen LogP contribution is -2.39. The molecule has 3 heterocycles. The molecule has 9 heteroatoms. The van der Waals surface area contributed by atoms with E-state index in [4.69, 9.17) is 0 Å². The van der Waals surface area contributed by atoms with Crippen LogP contribution >= 0.6 is 0 Å². The molecule has 2 aromatic heterocycles. The van der Waals surface area contributed by atoms with Gasteiger partial charge in [-0.1, -0.05) is 41.6 Å². The van der Waals surface area contributed by atoms with Crippen molar-refractivity contribution in [3.63, 3.8) is 0 Å². The van der Waals surface area contributed by atoms with E-state index in [9.17, 15) is 14.0 Å². The molecule has 0 saturated heterocycles. The number of carbonyl (C=O) groups is 1. The number of nitrogens with zero attached hydrogens (tertiary/aromatic N) is 6. The zero-order chi connectivity index (χ0) is 21.4. The van der Waals surface area contributed by atoms with Crippen LogP contribution in [0.1, 0.15) is 17.5 Å². The second kappa shape index (κ2) is 7.75. The third kappa shape index (κ3) is 3.48. The van der Waals surface area contributed by atoms with E-state index < -0.39 is 5.56 Å². The fourth-order valence-electron chi connectivity index (χ4n) is 3.92. The molecule has 0 saturated carbocycles. The molecule has 0 atom stereocenters. The summed E-state index contributed by atoms with van der Waals surface area (Å²) in [4.78, 5) is 31.8. The summed E-state index contributed by atoms with van der Waals surface area (Å²) in [5.41, 5.74) is 2.27. The van der Waals surface area contributed by atoms with Crippen molar-refractivity contribution >= 4 is 22.8 Å². The summed E-state index contributed by atoms with van der Waals surface area (Å²) in [5, 5.41) is 7.89. The Morgan fingerprint density at radius 2 is 1.90 bits per heavy atom. The highest BCUT2D eigenvalue weighted by Crippen LogP contribution is 2.26. The molecule has 31 heavy (non-hydrogen) atoms. The lowest BCUT2D eigenvalue weighted by molar-refractivity contribution is -0.119. The van der Waals surface area contributed by atoms with Crippen LogP contribution in [0, 0.1) is 5.82 Å². The molecule has 8 nitrogen and oxygen atoms in total. The van der Waals surface area contributed by atoms with Gasteiger partial charge >= 0.3 is 0 Å². The topological polar surface area (TPSA) is 85.9 Å². The second-order valence-corrected chi connectivity index (χ2v) is 7.47. The molecule has 0 bridgehead atoms. The van der Waals surface area contributed by atoms with Gasteiger partial charge in [0.2, 0.25) is 5.91 Å². The van der Waals surface area contributed by atoms with Crippen LogP contribution < -0.4 is 10.5 Å². The highest BCUT2D eigenvalue weighted by molar-refractivity contribution is 5.94. The van der Waals surface area contributed by atoms with Crippen molar-refractivity contribution in [3.05, 3.63) is 82.2 Å². The molecular weight excluding hydrogens is 399 g/mol. The van der Waals surface area contributed by atoms with Crippen LogP contribution in [-0.2, 0) is 24.3 Å². The molecule has 156 valence electrons. The van der Waals surface area contributed by atoms with E-state index in [0.29, 0.717) is 12.1 Å². The van der Waals surface area contributed by atoms with Crippen LogP contribution in [-0.4, -0.2) is 37.0 Å². The molecule has 0 unspecified atom stereocenters. The number of aromatic nitrogens is 5. The Hall–Kier alpha value is -3.88. The molecule has 5 rings (SSSR count). The van der Waals surface area contributed by atoms with Gasteiger partial charge in [0.25, 0.3) is 5.56 Å². The first kappa shape index (κ1) is 19.1. The van der Waals surface area contributed by atoms with Crippen LogP contribution in [0.15, 0.2) is 59.7 Å². The van der Waals surface area contributed by atoms with Gasteiger partial charge in [0.15, 0.2) is 11.2 Å². The molecule has 0 N–H and O–H groups in total. The Labute approximate surface area is 176 Å². The molecule has 2 aromatic carbocycles. The van der Waals surface area contributed by atoms with E-state index in [1.54, 1.807) is 23.1 Å². The number of benzene rings is 2. The van der Waals surface area contributed by atoms with E-state index in [0.717, 1.165) is 24.1 Å². The Morgan fingerprint density at radius 3 is 2.77 bits per heavy atom. The van der Waals surface area contributed by atoms with Gasteiger partial charge in [0.05, 0.1) is 6.54 Å². The molecule has 0 aliphatic carbocycles. The summed E-state index contributed by atoms with van der Waals surface area (Å²) >= 11 is 0. The van der Waals surface area contributed by atoms with Crippen LogP contribution in [0.5, 0.6) is 0 Å². The van der Waals surface area contributed by atoms with Gasteiger partial charge in [-0.25, -0.2) is 14.1 Å². The smallest absolute Gasteiger partial charge is 0.283 e. The maximum Gasteiger partial charge on any atom is 0.283 e. The van der Waals surface area contributed by atoms with Crippen LogP contribution in [0.25, 0.3) is 11.2 Å². The normalized spacial score (nSPS) is 13.4. The van der Waals surface area contributed by atoms with Crippen LogP contribution in [0.4, 0.5) is 10.1 Å². The molecule has 0 radical (unpaired) electrons. The number of carbonyl (C=O) groups excluding carboxylic acids is 1. The number of hydrogen-bond donors (Lipinski definition) is 0. The summed E-state index contributed by atoms with van der Waals surface area (Å²) in [6.45, 7) is 0.568. The third-order valence-corrected chi connectivity index (χ3v) is 5.49. The highest BCUT2D eigenvalue weighted by atomic mass is 19.1.